The van der Waals surface area contributed by atoms with Gasteiger partial charge in [0, 0.05) is 37.9 Å². The van der Waals surface area contributed by atoms with Gasteiger partial charge in [0.1, 0.15) is 11.6 Å². The minimum absolute atomic E-state index is 0.242. The highest BCUT2D eigenvalue weighted by molar-refractivity contribution is 5.66. The largest absolute Gasteiger partial charge is 0.376 e. The predicted molar refractivity (Wildman–Crippen MR) is 95.2 cm³/mol. The number of fused-ring (bicyclic) bond motifs is 1. The summed E-state index contributed by atoms with van der Waals surface area (Å²) in [5.74, 6) is 0.699. The fraction of sp³-hybridized carbons (Fsp3) is 0.368. The molecule has 0 spiro atoms. The van der Waals surface area contributed by atoms with Crippen LogP contribution in [-0.4, -0.2) is 40.9 Å². The monoisotopic (exact) mass is 340 g/mol. The Morgan fingerprint density at radius 1 is 1.24 bits per heavy atom. The van der Waals surface area contributed by atoms with Gasteiger partial charge in [0.05, 0.1) is 18.0 Å². The van der Waals surface area contributed by atoms with Gasteiger partial charge < -0.3 is 9.64 Å². The molecule has 0 saturated carbocycles. The maximum absolute atomic E-state index is 13.2. The molecule has 25 heavy (non-hydrogen) atoms. The molecule has 0 bridgehead atoms. The number of hydrogen-bond acceptors (Lipinski definition) is 4. The van der Waals surface area contributed by atoms with E-state index in [0.717, 1.165) is 48.7 Å². The summed E-state index contributed by atoms with van der Waals surface area (Å²) in [6.45, 7) is 1.65. The van der Waals surface area contributed by atoms with Crippen LogP contribution < -0.4 is 4.90 Å². The lowest BCUT2D eigenvalue weighted by atomic mass is 10.1. The maximum Gasteiger partial charge on any atom is 0.157 e. The van der Waals surface area contributed by atoms with Crippen LogP contribution in [-0.2, 0) is 4.74 Å². The highest BCUT2D eigenvalue weighted by atomic mass is 19.1. The number of nitrogens with zero attached hydrogens (tertiary/aromatic N) is 4. The zero-order chi connectivity index (χ0) is 17.2. The lowest BCUT2D eigenvalue weighted by Crippen LogP contribution is -2.34. The van der Waals surface area contributed by atoms with E-state index in [-0.39, 0.29) is 11.9 Å². The first-order valence-corrected chi connectivity index (χ1v) is 8.64. The number of rotatable bonds is 4. The van der Waals surface area contributed by atoms with E-state index in [1.807, 2.05) is 23.7 Å². The van der Waals surface area contributed by atoms with Gasteiger partial charge in [0.2, 0.25) is 0 Å². The molecule has 5 nitrogen and oxygen atoms in total. The van der Waals surface area contributed by atoms with E-state index in [0.29, 0.717) is 0 Å². The van der Waals surface area contributed by atoms with Crippen molar-refractivity contribution in [2.45, 2.75) is 25.4 Å². The van der Waals surface area contributed by atoms with Gasteiger partial charge in [-0.15, -0.1) is 0 Å². The van der Waals surface area contributed by atoms with Crippen LogP contribution in [0.5, 0.6) is 0 Å². The van der Waals surface area contributed by atoms with Crippen molar-refractivity contribution < 1.29 is 9.13 Å². The summed E-state index contributed by atoms with van der Waals surface area (Å²) in [5, 5.41) is 4.39. The van der Waals surface area contributed by atoms with Crippen molar-refractivity contribution >= 4 is 11.5 Å². The number of benzene rings is 1. The van der Waals surface area contributed by atoms with Gasteiger partial charge in [-0.25, -0.2) is 9.37 Å². The van der Waals surface area contributed by atoms with E-state index in [2.05, 4.69) is 15.0 Å². The minimum Gasteiger partial charge on any atom is -0.376 e. The summed E-state index contributed by atoms with van der Waals surface area (Å²) in [7, 11) is 2.04. The Morgan fingerprint density at radius 3 is 2.84 bits per heavy atom. The molecule has 6 heteroatoms. The lowest BCUT2D eigenvalue weighted by Gasteiger charge is -2.28. The molecule has 1 aromatic carbocycles. The second-order valence-electron chi connectivity index (χ2n) is 6.48. The molecular formula is C19H21FN4O. The summed E-state index contributed by atoms with van der Waals surface area (Å²) >= 11 is 0. The third-order valence-corrected chi connectivity index (χ3v) is 4.62. The van der Waals surface area contributed by atoms with Crippen molar-refractivity contribution in [3.05, 3.63) is 48.4 Å². The number of anilines is 1. The van der Waals surface area contributed by atoms with Crippen molar-refractivity contribution in [2.24, 2.45) is 0 Å². The van der Waals surface area contributed by atoms with Crippen LogP contribution in [0.15, 0.2) is 42.6 Å². The van der Waals surface area contributed by atoms with Gasteiger partial charge in [-0.2, -0.15) is 9.61 Å². The Bertz CT molecular complexity index is 855. The van der Waals surface area contributed by atoms with Gasteiger partial charge in [-0.05, 0) is 43.5 Å². The van der Waals surface area contributed by atoms with Crippen LogP contribution >= 0.6 is 0 Å². The first-order valence-electron chi connectivity index (χ1n) is 8.64. The van der Waals surface area contributed by atoms with E-state index < -0.39 is 0 Å². The van der Waals surface area contributed by atoms with Crippen LogP contribution in [0, 0.1) is 5.82 Å². The SMILES string of the molecule is CN(C[C@@H]1CCCCO1)c1cc(-c2ccc(F)cc2)nc2ccnn12. The molecule has 2 aromatic heterocycles. The Kier molecular flexibility index (Phi) is 4.36. The van der Waals surface area contributed by atoms with Crippen LogP contribution in [0.25, 0.3) is 16.9 Å². The number of aromatic nitrogens is 3. The fourth-order valence-electron chi connectivity index (χ4n) is 3.29. The molecule has 0 unspecified atom stereocenters. The van der Waals surface area contributed by atoms with Gasteiger partial charge in [0.15, 0.2) is 5.65 Å². The summed E-state index contributed by atoms with van der Waals surface area (Å²) in [4.78, 5) is 6.80. The normalized spacial score (nSPS) is 17.8. The molecule has 1 aliphatic heterocycles. The van der Waals surface area contributed by atoms with Crippen molar-refractivity contribution in [1.82, 2.24) is 14.6 Å². The first kappa shape index (κ1) is 16.0. The van der Waals surface area contributed by atoms with Gasteiger partial charge in [-0.1, -0.05) is 0 Å². The summed E-state index contributed by atoms with van der Waals surface area (Å²) in [6.07, 6.45) is 5.43. The molecule has 4 rings (SSSR count). The zero-order valence-electron chi connectivity index (χ0n) is 14.2. The molecule has 1 saturated heterocycles. The molecule has 0 radical (unpaired) electrons. The van der Waals surface area contributed by atoms with Gasteiger partial charge >= 0.3 is 0 Å². The molecule has 3 aromatic rings. The molecule has 1 fully saturated rings. The minimum atomic E-state index is -0.249. The Morgan fingerprint density at radius 2 is 2.08 bits per heavy atom. The van der Waals surface area contributed by atoms with Crippen LogP contribution in [0.4, 0.5) is 10.2 Å². The van der Waals surface area contributed by atoms with Crippen molar-refractivity contribution in [3.63, 3.8) is 0 Å². The molecule has 130 valence electrons. The van der Waals surface area contributed by atoms with E-state index >= 15 is 0 Å². The first-order chi connectivity index (χ1) is 12.2. The van der Waals surface area contributed by atoms with Crippen LogP contribution in [0.1, 0.15) is 19.3 Å². The fourth-order valence-corrected chi connectivity index (χ4v) is 3.29. The molecule has 0 aliphatic carbocycles. The van der Waals surface area contributed by atoms with Crippen molar-refractivity contribution in [2.75, 3.05) is 25.1 Å². The Hall–Kier alpha value is -2.47. The zero-order valence-corrected chi connectivity index (χ0v) is 14.2. The van der Waals surface area contributed by atoms with Gasteiger partial charge in [-0.3, -0.25) is 0 Å². The number of hydrogen-bond donors (Lipinski definition) is 0. The van der Waals surface area contributed by atoms with Crippen molar-refractivity contribution in [3.8, 4) is 11.3 Å². The average molecular weight is 340 g/mol. The number of likely N-dealkylation sites (N-methyl/N-ethyl adjacent to an activating group) is 1. The van der Waals surface area contributed by atoms with E-state index in [4.69, 9.17) is 4.74 Å². The second-order valence-corrected chi connectivity index (χ2v) is 6.48. The molecular weight excluding hydrogens is 319 g/mol. The van der Waals surface area contributed by atoms with E-state index in [9.17, 15) is 4.39 Å². The third kappa shape index (κ3) is 3.35. The maximum atomic E-state index is 13.2. The highest BCUT2D eigenvalue weighted by Gasteiger charge is 2.18. The van der Waals surface area contributed by atoms with Gasteiger partial charge in [0.25, 0.3) is 0 Å². The number of ether oxygens (including phenoxy) is 1. The van der Waals surface area contributed by atoms with E-state index in [1.54, 1.807) is 18.3 Å². The number of halogens is 1. The predicted octanol–water partition coefficient (Wildman–Crippen LogP) is 3.54. The molecule has 1 aliphatic rings. The smallest absolute Gasteiger partial charge is 0.157 e. The quantitative estimate of drug-likeness (QED) is 0.728. The summed E-state index contributed by atoms with van der Waals surface area (Å²) < 4.78 is 20.9. The molecule has 1 atom stereocenters. The Labute approximate surface area is 146 Å². The lowest BCUT2D eigenvalue weighted by molar-refractivity contribution is 0.0215. The molecule has 0 N–H and O–H groups in total. The topological polar surface area (TPSA) is 42.7 Å². The highest BCUT2D eigenvalue weighted by Crippen LogP contribution is 2.25. The Balaban J connectivity index is 1.69. The molecule has 3 heterocycles. The standard InChI is InChI=1S/C19H21FN4O/c1-23(13-16-4-2-3-11-25-16)19-12-17(14-5-7-15(20)8-6-14)22-18-9-10-21-24(18)19/h5-10,12,16H,2-4,11,13H2,1H3/t16-/m0/s1. The summed E-state index contributed by atoms with van der Waals surface area (Å²) in [6, 6.07) is 10.3. The molecule has 0 amide bonds. The van der Waals surface area contributed by atoms with Crippen molar-refractivity contribution in [1.29, 1.82) is 0 Å². The van der Waals surface area contributed by atoms with Crippen LogP contribution in [0.2, 0.25) is 0 Å². The van der Waals surface area contributed by atoms with Crippen LogP contribution in [0.3, 0.4) is 0 Å². The third-order valence-electron chi connectivity index (χ3n) is 4.62. The average Bonchev–Trinajstić information content (AvgIpc) is 3.11. The van der Waals surface area contributed by atoms with E-state index in [1.165, 1.54) is 18.6 Å². The second kappa shape index (κ2) is 6.80. The summed E-state index contributed by atoms with van der Waals surface area (Å²) in [5.41, 5.74) is 2.46.